The summed E-state index contributed by atoms with van der Waals surface area (Å²) in [5, 5.41) is 6.20. The monoisotopic (exact) mass is 451 g/mol. The molecule has 3 amide bonds. The molecule has 2 N–H and O–H groups in total. The number of nitrogens with one attached hydrogen (secondary N) is 2. The molecule has 0 saturated carbocycles. The molecule has 2 unspecified atom stereocenters. The number of anilines is 1. The molecular weight excluding hydrogens is 428 g/mol. The van der Waals surface area contributed by atoms with E-state index in [1.165, 1.54) is 0 Å². The molecule has 2 aromatic carbocycles. The number of nitrogens with zero attached hydrogens (tertiary/aromatic N) is 1. The zero-order valence-electron chi connectivity index (χ0n) is 17.2. The van der Waals surface area contributed by atoms with Crippen molar-refractivity contribution in [2.24, 2.45) is 0 Å². The summed E-state index contributed by atoms with van der Waals surface area (Å²) < 4.78 is 32.4. The van der Waals surface area contributed by atoms with E-state index in [4.69, 9.17) is 16.3 Å². The van der Waals surface area contributed by atoms with Gasteiger partial charge in [0.1, 0.15) is 5.75 Å². The van der Waals surface area contributed by atoms with Crippen LogP contribution >= 0.6 is 11.6 Å². The molecule has 0 spiro atoms. The number of alkyl halides is 2. The third kappa shape index (κ3) is 5.85. The summed E-state index contributed by atoms with van der Waals surface area (Å²) in [4.78, 5) is 25.8. The van der Waals surface area contributed by atoms with Gasteiger partial charge in [-0.25, -0.2) is 4.79 Å². The van der Waals surface area contributed by atoms with E-state index in [0.29, 0.717) is 29.8 Å². The highest BCUT2D eigenvalue weighted by molar-refractivity contribution is 6.30. The lowest BCUT2D eigenvalue weighted by Crippen LogP contribution is -2.54. The van der Waals surface area contributed by atoms with Crippen LogP contribution in [0.5, 0.6) is 5.75 Å². The average Bonchev–Trinajstić information content (AvgIpc) is 2.74. The van der Waals surface area contributed by atoms with Gasteiger partial charge in [0.15, 0.2) is 0 Å². The van der Waals surface area contributed by atoms with E-state index in [0.717, 1.165) is 10.5 Å². The van der Waals surface area contributed by atoms with Gasteiger partial charge in [0.25, 0.3) is 5.91 Å². The summed E-state index contributed by atoms with van der Waals surface area (Å²) in [6.45, 7) is 0.795. The lowest BCUT2D eigenvalue weighted by molar-refractivity contribution is -0.156. The summed E-state index contributed by atoms with van der Waals surface area (Å²) in [7, 11) is 1.55. The van der Waals surface area contributed by atoms with Gasteiger partial charge in [0.05, 0.1) is 7.11 Å². The van der Waals surface area contributed by atoms with Crippen molar-refractivity contribution in [2.45, 2.75) is 31.2 Å². The fourth-order valence-corrected chi connectivity index (χ4v) is 3.77. The van der Waals surface area contributed by atoms with Gasteiger partial charge in [-0.1, -0.05) is 23.7 Å². The normalized spacial score (nSPS) is 18.9. The third-order valence-electron chi connectivity index (χ3n) is 5.24. The molecule has 1 aliphatic heterocycles. The molecule has 31 heavy (non-hydrogen) atoms. The number of halogens is 3. The molecule has 6 nitrogen and oxygen atoms in total. The number of hydrogen-bond acceptors (Lipinski definition) is 3. The van der Waals surface area contributed by atoms with E-state index >= 15 is 0 Å². The second-order valence-electron chi connectivity index (χ2n) is 7.52. The second-order valence-corrected chi connectivity index (χ2v) is 7.96. The fourth-order valence-electron chi connectivity index (χ4n) is 3.64. The van der Waals surface area contributed by atoms with Crippen molar-refractivity contribution in [1.82, 2.24) is 10.2 Å². The largest absolute Gasteiger partial charge is 0.497 e. The zero-order valence-corrected chi connectivity index (χ0v) is 18.0. The van der Waals surface area contributed by atoms with Gasteiger partial charge in [-0.15, -0.1) is 0 Å². The first kappa shape index (κ1) is 22.8. The first-order chi connectivity index (χ1) is 14.7. The molecule has 0 bridgehead atoms. The Morgan fingerprint density at radius 3 is 2.35 bits per heavy atom. The summed E-state index contributed by atoms with van der Waals surface area (Å²) >= 11 is 5.86. The number of amides is 3. The molecule has 2 atom stereocenters. The molecule has 2 aromatic rings. The second kappa shape index (κ2) is 9.51. The van der Waals surface area contributed by atoms with Crippen LogP contribution in [-0.2, 0) is 4.79 Å². The van der Waals surface area contributed by atoms with Gasteiger partial charge in [0, 0.05) is 42.7 Å². The maximum Gasteiger partial charge on any atom is 0.322 e. The summed E-state index contributed by atoms with van der Waals surface area (Å²) in [5.41, 5.74) is 1.38. The van der Waals surface area contributed by atoms with Gasteiger partial charge in [-0.3, -0.25) is 4.79 Å². The van der Waals surface area contributed by atoms with Gasteiger partial charge in [0.2, 0.25) is 0 Å². The van der Waals surface area contributed by atoms with Crippen LogP contribution in [0.25, 0.3) is 0 Å². The van der Waals surface area contributed by atoms with Crippen molar-refractivity contribution in [1.29, 1.82) is 0 Å². The maximum atomic E-state index is 13.6. The molecule has 166 valence electrons. The van der Waals surface area contributed by atoms with Crippen LogP contribution in [0.2, 0.25) is 5.02 Å². The molecule has 0 aromatic heterocycles. The number of likely N-dealkylation sites (tertiary alicyclic amines) is 1. The number of hydrogen-bond donors (Lipinski definition) is 2. The first-order valence-electron chi connectivity index (χ1n) is 9.81. The third-order valence-corrected chi connectivity index (χ3v) is 5.49. The van der Waals surface area contributed by atoms with E-state index in [2.05, 4.69) is 10.6 Å². The van der Waals surface area contributed by atoms with E-state index in [9.17, 15) is 18.4 Å². The maximum absolute atomic E-state index is 13.6. The lowest BCUT2D eigenvalue weighted by Gasteiger charge is -2.40. The van der Waals surface area contributed by atoms with Crippen molar-refractivity contribution in [2.75, 3.05) is 25.5 Å². The number of carbonyl (C=O) groups is 2. The van der Waals surface area contributed by atoms with Gasteiger partial charge < -0.3 is 20.3 Å². The topological polar surface area (TPSA) is 70.7 Å². The Kier molecular flexibility index (Phi) is 7.00. The molecule has 3 rings (SSSR count). The van der Waals surface area contributed by atoms with Gasteiger partial charge in [-0.05, 0) is 48.4 Å². The average molecular weight is 452 g/mol. The highest BCUT2D eigenvalue weighted by Gasteiger charge is 2.41. The predicted molar refractivity (Wildman–Crippen MR) is 115 cm³/mol. The molecule has 0 radical (unpaired) electrons. The number of methoxy groups -OCH3 is 1. The highest BCUT2D eigenvalue weighted by Crippen LogP contribution is 2.31. The van der Waals surface area contributed by atoms with Crippen LogP contribution < -0.4 is 15.4 Å². The summed E-state index contributed by atoms with van der Waals surface area (Å²) in [6, 6.07) is 13.0. The number of piperidine rings is 1. The minimum Gasteiger partial charge on any atom is -0.497 e. The minimum atomic E-state index is -3.45. The smallest absolute Gasteiger partial charge is 0.322 e. The Hall–Kier alpha value is -2.87. The summed E-state index contributed by atoms with van der Waals surface area (Å²) in [5.74, 6) is -4.37. The Morgan fingerprint density at radius 2 is 1.77 bits per heavy atom. The first-order valence-corrected chi connectivity index (χ1v) is 10.2. The molecule has 1 heterocycles. The quantitative estimate of drug-likeness (QED) is 0.702. The van der Waals surface area contributed by atoms with Gasteiger partial charge >= 0.3 is 12.0 Å². The molecular formula is C22H24ClF2N3O3. The number of ether oxygens (including phenoxy) is 1. The van der Waals surface area contributed by atoms with Crippen molar-refractivity contribution in [3.63, 3.8) is 0 Å². The number of urea groups is 1. The van der Waals surface area contributed by atoms with Crippen molar-refractivity contribution >= 4 is 29.2 Å². The Bertz CT molecular complexity index is 917. The van der Waals surface area contributed by atoms with Crippen LogP contribution in [0.15, 0.2) is 48.5 Å². The lowest BCUT2D eigenvalue weighted by atomic mass is 9.85. The van der Waals surface area contributed by atoms with E-state index in [-0.39, 0.29) is 25.0 Å². The fraction of sp³-hybridized carbons (Fsp3) is 0.364. The molecule has 0 aliphatic carbocycles. The van der Waals surface area contributed by atoms with Crippen molar-refractivity contribution in [3.05, 3.63) is 59.1 Å². The number of carbonyl (C=O) groups excluding carboxylic acids is 2. The summed E-state index contributed by atoms with van der Waals surface area (Å²) in [6.07, 6.45) is 0.340. The molecule has 1 fully saturated rings. The van der Waals surface area contributed by atoms with E-state index in [1.807, 2.05) is 12.1 Å². The number of benzene rings is 2. The predicted octanol–water partition coefficient (Wildman–Crippen LogP) is 4.51. The Labute approximate surface area is 184 Å². The Morgan fingerprint density at radius 1 is 1.13 bits per heavy atom. The standard InChI is InChI=1S/C22H24ClF2N3O3/c1-22(24,25)20(29)28-12-11-19(18(13-28)14-3-9-17(31-2)10-4-14)27-21(30)26-16-7-5-15(23)6-8-16/h3-10,18-19H,11-13H2,1-2H3,(H2,26,27,30). The van der Waals surface area contributed by atoms with Crippen LogP contribution in [0.3, 0.4) is 0 Å². The molecule has 1 aliphatic rings. The van der Waals surface area contributed by atoms with Crippen LogP contribution in [0.4, 0.5) is 19.3 Å². The molecule has 1 saturated heterocycles. The van der Waals surface area contributed by atoms with E-state index < -0.39 is 17.9 Å². The highest BCUT2D eigenvalue weighted by atomic mass is 35.5. The van der Waals surface area contributed by atoms with Crippen molar-refractivity contribution in [3.8, 4) is 5.75 Å². The van der Waals surface area contributed by atoms with E-state index in [1.54, 1.807) is 43.5 Å². The minimum absolute atomic E-state index is 0.0699. The SMILES string of the molecule is COc1ccc(C2CN(C(=O)C(C)(F)F)CCC2NC(=O)Nc2ccc(Cl)cc2)cc1. The van der Waals surface area contributed by atoms with Crippen LogP contribution in [-0.4, -0.2) is 49.0 Å². The van der Waals surface area contributed by atoms with Crippen LogP contribution in [0.1, 0.15) is 24.8 Å². The van der Waals surface area contributed by atoms with Gasteiger partial charge in [-0.2, -0.15) is 8.78 Å². The molecule has 9 heteroatoms. The number of rotatable bonds is 5. The van der Waals surface area contributed by atoms with Crippen molar-refractivity contribution < 1.29 is 23.1 Å². The van der Waals surface area contributed by atoms with Crippen LogP contribution in [0, 0.1) is 0 Å². The zero-order chi connectivity index (χ0) is 22.6. The Balaban J connectivity index is 1.77.